The Hall–Kier alpha value is 0.160. The summed E-state index contributed by atoms with van der Waals surface area (Å²) in [5, 5.41) is 0. The van der Waals surface area contributed by atoms with Crippen molar-refractivity contribution in [2.75, 3.05) is 25.3 Å². The first-order valence-electron chi connectivity index (χ1n) is 4.94. The highest BCUT2D eigenvalue weighted by Gasteiger charge is 2.22. The van der Waals surface area contributed by atoms with E-state index >= 15 is 0 Å². The summed E-state index contributed by atoms with van der Waals surface area (Å²) in [5.41, 5.74) is 0. The molecule has 6 heteroatoms. The molecule has 0 aromatic heterocycles. The molecule has 0 aromatic carbocycles. The standard InChI is InChI=1S/C9H20ClNO3S/c1-8(2)14-5-6-15(12,13)11(4)9(3)7-10/h8-9H,5-7H2,1-4H3. The van der Waals surface area contributed by atoms with E-state index in [9.17, 15) is 8.42 Å². The first kappa shape index (κ1) is 15.2. The molecule has 0 saturated heterocycles. The van der Waals surface area contributed by atoms with Gasteiger partial charge in [-0.15, -0.1) is 11.6 Å². The second kappa shape index (κ2) is 6.68. The molecule has 1 atom stereocenters. The van der Waals surface area contributed by atoms with Crippen LogP contribution in [0, 0.1) is 0 Å². The van der Waals surface area contributed by atoms with Gasteiger partial charge in [-0.05, 0) is 20.8 Å². The summed E-state index contributed by atoms with van der Waals surface area (Å²) < 4.78 is 29.9. The molecular formula is C9H20ClNO3S. The molecule has 0 bridgehead atoms. The molecule has 0 fully saturated rings. The number of halogens is 1. The quantitative estimate of drug-likeness (QED) is 0.646. The SMILES string of the molecule is CC(C)OCCS(=O)(=O)N(C)C(C)CCl. The lowest BCUT2D eigenvalue weighted by molar-refractivity contribution is 0.0907. The third-order valence-electron chi connectivity index (χ3n) is 2.08. The van der Waals surface area contributed by atoms with E-state index in [0.29, 0.717) is 5.88 Å². The largest absolute Gasteiger partial charge is 0.378 e. The molecule has 0 rings (SSSR count). The Morgan fingerprint density at radius 1 is 1.33 bits per heavy atom. The second-order valence-corrected chi connectivity index (χ2v) is 6.21. The molecule has 0 amide bonds. The highest BCUT2D eigenvalue weighted by atomic mass is 35.5. The van der Waals surface area contributed by atoms with Gasteiger partial charge < -0.3 is 4.74 Å². The van der Waals surface area contributed by atoms with Crippen LogP contribution in [0.5, 0.6) is 0 Å². The van der Waals surface area contributed by atoms with Crippen LogP contribution in [-0.2, 0) is 14.8 Å². The van der Waals surface area contributed by atoms with Crippen LogP contribution in [0.3, 0.4) is 0 Å². The molecular weight excluding hydrogens is 238 g/mol. The van der Waals surface area contributed by atoms with Gasteiger partial charge in [-0.1, -0.05) is 0 Å². The summed E-state index contributed by atoms with van der Waals surface area (Å²) in [5.74, 6) is 0.295. The molecule has 4 nitrogen and oxygen atoms in total. The number of nitrogens with zero attached hydrogens (tertiary/aromatic N) is 1. The summed E-state index contributed by atoms with van der Waals surface area (Å²) >= 11 is 5.60. The van der Waals surface area contributed by atoms with Crippen LogP contribution in [0.1, 0.15) is 20.8 Å². The van der Waals surface area contributed by atoms with Crippen LogP contribution in [0.15, 0.2) is 0 Å². The Kier molecular flexibility index (Phi) is 6.75. The van der Waals surface area contributed by atoms with E-state index in [1.807, 2.05) is 13.8 Å². The minimum Gasteiger partial charge on any atom is -0.378 e. The van der Waals surface area contributed by atoms with Gasteiger partial charge >= 0.3 is 0 Å². The summed E-state index contributed by atoms with van der Waals surface area (Å²) in [6.07, 6.45) is 0.0518. The van der Waals surface area contributed by atoms with Crippen molar-refractivity contribution in [1.82, 2.24) is 4.31 Å². The van der Waals surface area contributed by atoms with Crippen molar-refractivity contribution in [1.29, 1.82) is 0 Å². The van der Waals surface area contributed by atoms with E-state index in [1.165, 1.54) is 11.4 Å². The van der Waals surface area contributed by atoms with Crippen LogP contribution < -0.4 is 0 Å². The van der Waals surface area contributed by atoms with Crippen molar-refractivity contribution in [3.05, 3.63) is 0 Å². The lowest BCUT2D eigenvalue weighted by Gasteiger charge is -2.22. The van der Waals surface area contributed by atoms with Gasteiger partial charge in [0.15, 0.2) is 0 Å². The number of alkyl halides is 1. The van der Waals surface area contributed by atoms with Crippen LogP contribution in [0.4, 0.5) is 0 Å². The zero-order valence-corrected chi connectivity index (χ0v) is 11.3. The van der Waals surface area contributed by atoms with Crippen molar-refractivity contribution in [3.8, 4) is 0 Å². The van der Waals surface area contributed by atoms with Crippen molar-refractivity contribution in [2.45, 2.75) is 32.9 Å². The van der Waals surface area contributed by atoms with Crippen molar-refractivity contribution in [2.24, 2.45) is 0 Å². The van der Waals surface area contributed by atoms with Crippen LogP contribution in [0.25, 0.3) is 0 Å². The minimum absolute atomic E-state index is 0.00289. The van der Waals surface area contributed by atoms with Gasteiger partial charge in [-0.3, -0.25) is 0 Å². The highest BCUT2D eigenvalue weighted by Crippen LogP contribution is 2.06. The van der Waals surface area contributed by atoms with E-state index in [0.717, 1.165) is 0 Å². The zero-order valence-electron chi connectivity index (χ0n) is 9.73. The van der Waals surface area contributed by atoms with Gasteiger partial charge in [-0.2, -0.15) is 0 Å². The van der Waals surface area contributed by atoms with Crippen LogP contribution in [-0.4, -0.2) is 50.2 Å². The molecule has 15 heavy (non-hydrogen) atoms. The normalized spacial score (nSPS) is 14.9. The van der Waals surface area contributed by atoms with Crippen LogP contribution >= 0.6 is 11.6 Å². The fraction of sp³-hybridized carbons (Fsp3) is 1.00. The Bertz CT molecular complexity index is 267. The maximum atomic E-state index is 11.7. The lowest BCUT2D eigenvalue weighted by atomic mass is 10.4. The highest BCUT2D eigenvalue weighted by molar-refractivity contribution is 7.89. The summed E-state index contributed by atoms with van der Waals surface area (Å²) in [4.78, 5) is 0. The fourth-order valence-corrected chi connectivity index (χ4v) is 2.41. The van der Waals surface area contributed by atoms with Gasteiger partial charge in [0, 0.05) is 19.0 Å². The summed E-state index contributed by atoms with van der Waals surface area (Å²) in [7, 11) is -1.70. The van der Waals surface area contributed by atoms with E-state index in [1.54, 1.807) is 6.92 Å². The van der Waals surface area contributed by atoms with Crippen molar-refractivity contribution in [3.63, 3.8) is 0 Å². The zero-order chi connectivity index (χ0) is 12.1. The predicted molar refractivity (Wildman–Crippen MR) is 62.8 cm³/mol. The van der Waals surface area contributed by atoms with Crippen molar-refractivity contribution < 1.29 is 13.2 Å². The first-order chi connectivity index (χ1) is 6.81. The van der Waals surface area contributed by atoms with Crippen LogP contribution in [0.2, 0.25) is 0 Å². The van der Waals surface area contributed by atoms with E-state index in [-0.39, 0.29) is 24.5 Å². The van der Waals surface area contributed by atoms with Crippen molar-refractivity contribution >= 4 is 21.6 Å². The summed E-state index contributed by atoms with van der Waals surface area (Å²) in [6, 6.07) is -0.185. The van der Waals surface area contributed by atoms with Gasteiger partial charge in [0.2, 0.25) is 10.0 Å². The van der Waals surface area contributed by atoms with Gasteiger partial charge in [0.1, 0.15) is 0 Å². The lowest BCUT2D eigenvalue weighted by Crippen LogP contribution is -2.38. The number of hydrogen-bond acceptors (Lipinski definition) is 3. The monoisotopic (exact) mass is 257 g/mol. The Labute approximate surface area is 97.6 Å². The molecule has 0 aromatic rings. The molecule has 0 aliphatic carbocycles. The average Bonchev–Trinajstić information content (AvgIpc) is 2.14. The van der Waals surface area contributed by atoms with E-state index in [4.69, 9.17) is 16.3 Å². The smallest absolute Gasteiger partial charge is 0.216 e. The maximum Gasteiger partial charge on any atom is 0.216 e. The second-order valence-electron chi connectivity index (χ2n) is 3.76. The fourth-order valence-electron chi connectivity index (χ4n) is 0.904. The third-order valence-corrected chi connectivity index (χ3v) is 4.44. The topological polar surface area (TPSA) is 46.6 Å². The molecule has 1 unspecified atom stereocenters. The number of ether oxygens (including phenoxy) is 1. The van der Waals surface area contributed by atoms with E-state index in [2.05, 4.69) is 0 Å². The Morgan fingerprint density at radius 2 is 1.87 bits per heavy atom. The molecule has 0 aliphatic heterocycles. The molecule has 0 heterocycles. The molecule has 92 valence electrons. The number of sulfonamides is 1. The Balaban J connectivity index is 4.18. The number of hydrogen-bond donors (Lipinski definition) is 0. The van der Waals surface area contributed by atoms with E-state index < -0.39 is 10.0 Å². The first-order valence-corrected chi connectivity index (χ1v) is 7.09. The van der Waals surface area contributed by atoms with Gasteiger partial charge in [0.25, 0.3) is 0 Å². The molecule has 0 spiro atoms. The Morgan fingerprint density at radius 3 is 2.27 bits per heavy atom. The molecule has 0 saturated carbocycles. The van der Waals surface area contributed by atoms with Gasteiger partial charge in [0.05, 0.1) is 18.5 Å². The molecule has 0 radical (unpaired) electrons. The predicted octanol–water partition coefficient (Wildman–Crippen LogP) is 1.30. The summed E-state index contributed by atoms with van der Waals surface area (Å²) in [6.45, 7) is 5.74. The third kappa shape index (κ3) is 5.70. The number of rotatable bonds is 7. The average molecular weight is 258 g/mol. The van der Waals surface area contributed by atoms with Gasteiger partial charge in [-0.25, -0.2) is 12.7 Å². The maximum absolute atomic E-state index is 11.7. The molecule has 0 N–H and O–H groups in total. The minimum atomic E-state index is -3.24. The molecule has 0 aliphatic rings.